The summed E-state index contributed by atoms with van der Waals surface area (Å²) in [6, 6.07) is 0. The van der Waals surface area contributed by atoms with Crippen LogP contribution < -0.4 is 11.1 Å². The summed E-state index contributed by atoms with van der Waals surface area (Å²) in [6.07, 6.45) is -0.328. The third kappa shape index (κ3) is 2.13. The monoisotopic (exact) mass is 230 g/mol. The average Bonchev–Trinajstić information content (AvgIpc) is 2.05. The van der Waals surface area contributed by atoms with E-state index in [0.717, 1.165) is 0 Å². The zero-order valence-electron chi connectivity index (χ0n) is 7.43. The molecule has 4 N–H and O–H groups in total. The minimum atomic E-state index is -3.84. The fourth-order valence-corrected chi connectivity index (χ4v) is 1.38. The van der Waals surface area contributed by atoms with Crippen LogP contribution in [0, 0.1) is 0 Å². The van der Waals surface area contributed by atoms with Gasteiger partial charge < -0.3 is 16.2 Å². The number of aliphatic hydroxyl groups is 1. The lowest BCUT2D eigenvalue weighted by atomic mass is 9.85. The number of rotatable bonds is 2. The van der Waals surface area contributed by atoms with Gasteiger partial charge in [0.2, 0.25) is 0 Å². The van der Waals surface area contributed by atoms with E-state index in [4.69, 9.17) is 0 Å². The maximum atomic E-state index is 13.1. The van der Waals surface area contributed by atoms with Gasteiger partial charge >= 0.3 is 5.92 Å². The van der Waals surface area contributed by atoms with Gasteiger partial charge in [0, 0.05) is 0 Å². The first kappa shape index (κ1) is 13.5. The minimum Gasteiger partial charge on any atom is -0.383 e. The molecule has 0 aromatic carbocycles. The molecule has 0 spiro atoms. The van der Waals surface area contributed by atoms with Crippen molar-refractivity contribution in [3.8, 4) is 0 Å². The van der Waals surface area contributed by atoms with E-state index in [2.05, 4.69) is 11.1 Å². The molecular weight excluding hydrogens is 218 g/mol. The van der Waals surface area contributed by atoms with Gasteiger partial charge in [0.1, 0.15) is 5.60 Å². The molecule has 1 saturated heterocycles. The van der Waals surface area contributed by atoms with Crippen molar-refractivity contribution in [3.05, 3.63) is 0 Å². The largest absolute Gasteiger partial charge is 0.383 e. The molecule has 1 aliphatic rings. The average molecular weight is 231 g/mol. The molecule has 0 aliphatic carbocycles. The number of hydrogen-bond donors (Lipinski definition) is 3. The first-order valence-corrected chi connectivity index (χ1v) is 4.01. The quantitative estimate of drug-likeness (QED) is 0.607. The summed E-state index contributed by atoms with van der Waals surface area (Å²) in [4.78, 5) is 10.4. The second-order valence-corrected chi connectivity index (χ2v) is 3.22. The SMILES string of the molecule is Cl.NC(=O)C(F)(F)C1(O)CCNCC1. The Labute approximate surface area is 86.3 Å². The molecule has 14 heavy (non-hydrogen) atoms. The number of carbonyl (C=O) groups excluding carboxylic acids is 1. The highest BCUT2D eigenvalue weighted by Gasteiger charge is 2.57. The van der Waals surface area contributed by atoms with E-state index < -0.39 is 17.4 Å². The highest BCUT2D eigenvalue weighted by molar-refractivity contribution is 5.85. The predicted octanol–water partition coefficient (Wildman–Crippen LogP) is -0.357. The lowest BCUT2D eigenvalue weighted by Gasteiger charge is -2.36. The fraction of sp³-hybridized carbons (Fsp3) is 0.857. The summed E-state index contributed by atoms with van der Waals surface area (Å²) in [5.74, 6) is -5.60. The zero-order valence-corrected chi connectivity index (χ0v) is 8.24. The standard InChI is InChI=1S/C7H12F2N2O2.ClH/c8-7(9,5(10)12)6(13)1-3-11-4-2-6;/h11,13H,1-4H2,(H2,10,12);1H. The highest BCUT2D eigenvalue weighted by Crippen LogP contribution is 2.35. The van der Waals surface area contributed by atoms with E-state index in [-0.39, 0.29) is 38.3 Å². The van der Waals surface area contributed by atoms with Crippen LogP contribution in [0.15, 0.2) is 0 Å². The van der Waals surface area contributed by atoms with Crippen LogP contribution >= 0.6 is 12.4 Å². The van der Waals surface area contributed by atoms with Crippen LogP contribution in [0.4, 0.5) is 8.78 Å². The molecule has 7 heteroatoms. The van der Waals surface area contributed by atoms with Crippen molar-refractivity contribution in [1.82, 2.24) is 5.32 Å². The summed E-state index contributed by atoms with van der Waals surface area (Å²) in [7, 11) is 0. The third-order valence-electron chi connectivity index (χ3n) is 2.32. The van der Waals surface area contributed by atoms with Crippen molar-refractivity contribution in [1.29, 1.82) is 0 Å². The summed E-state index contributed by atoms with van der Waals surface area (Å²) in [5.41, 5.74) is 2.24. The molecule has 0 aromatic heterocycles. The predicted molar refractivity (Wildman–Crippen MR) is 48.4 cm³/mol. The van der Waals surface area contributed by atoms with Gasteiger partial charge in [-0.25, -0.2) is 0 Å². The van der Waals surface area contributed by atoms with E-state index in [1.54, 1.807) is 0 Å². The molecule has 1 rings (SSSR count). The first-order chi connectivity index (χ1) is 5.90. The number of halogens is 3. The zero-order chi connectivity index (χ0) is 10.1. The number of nitrogens with one attached hydrogen (secondary N) is 1. The lowest BCUT2D eigenvalue weighted by Crippen LogP contribution is -2.59. The molecule has 0 saturated carbocycles. The molecule has 1 amide bonds. The second kappa shape index (κ2) is 4.37. The Bertz CT molecular complexity index is 220. The van der Waals surface area contributed by atoms with Gasteiger partial charge in [-0.05, 0) is 25.9 Å². The van der Waals surface area contributed by atoms with Crippen LogP contribution in [0.1, 0.15) is 12.8 Å². The number of nitrogens with two attached hydrogens (primary N) is 1. The van der Waals surface area contributed by atoms with Gasteiger partial charge in [0.05, 0.1) is 0 Å². The summed E-state index contributed by atoms with van der Waals surface area (Å²) < 4.78 is 26.1. The number of piperidine rings is 1. The van der Waals surface area contributed by atoms with Crippen LogP contribution in [0.3, 0.4) is 0 Å². The van der Waals surface area contributed by atoms with Crippen LogP contribution in [-0.2, 0) is 4.79 Å². The van der Waals surface area contributed by atoms with Crippen molar-refractivity contribution in [2.24, 2.45) is 5.73 Å². The van der Waals surface area contributed by atoms with E-state index in [0.29, 0.717) is 0 Å². The lowest BCUT2D eigenvalue weighted by molar-refractivity contribution is -0.196. The minimum absolute atomic E-state index is 0. The molecule has 84 valence electrons. The van der Waals surface area contributed by atoms with Gasteiger partial charge in [-0.3, -0.25) is 4.79 Å². The molecular formula is C7H13ClF2N2O2. The van der Waals surface area contributed by atoms with Crippen molar-refractivity contribution in [2.45, 2.75) is 24.4 Å². The Morgan fingerprint density at radius 3 is 2.21 bits per heavy atom. The molecule has 1 aliphatic heterocycles. The highest BCUT2D eigenvalue weighted by atomic mass is 35.5. The van der Waals surface area contributed by atoms with Gasteiger partial charge in [-0.2, -0.15) is 8.78 Å². The van der Waals surface area contributed by atoms with Crippen molar-refractivity contribution >= 4 is 18.3 Å². The number of amides is 1. The molecule has 0 radical (unpaired) electrons. The van der Waals surface area contributed by atoms with Crippen LogP contribution in [0.25, 0.3) is 0 Å². The maximum Gasteiger partial charge on any atom is 0.352 e. The van der Waals surface area contributed by atoms with Crippen LogP contribution in [0.5, 0.6) is 0 Å². The topological polar surface area (TPSA) is 75.4 Å². The fourth-order valence-electron chi connectivity index (χ4n) is 1.38. The van der Waals surface area contributed by atoms with Gasteiger partial charge in [0.25, 0.3) is 5.91 Å². The molecule has 0 atom stereocenters. The number of carbonyl (C=O) groups is 1. The number of alkyl halides is 2. The Kier molecular flexibility index (Phi) is 4.23. The second-order valence-electron chi connectivity index (χ2n) is 3.22. The number of hydrogen-bond acceptors (Lipinski definition) is 3. The van der Waals surface area contributed by atoms with Crippen molar-refractivity contribution < 1.29 is 18.7 Å². The van der Waals surface area contributed by atoms with Crippen LogP contribution in [-0.4, -0.2) is 35.6 Å². The Balaban J connectivity index is 0.00000169. The summed E-state index contributed by atoms with van der Waals surface area (Å²) in [5, 5.41) is 12.3. The summed E-state index contributed by atoms with van der Waals surface area (Å²) >= 11 is 0. The summed E-state index contributed by atoms with van der Waals surface area (Å²) in [6.45, 7) is 0.527. The van der Waals surface area contributed by atoms with Crippen molar-refractivity contribution in [2.75, 3.05) is 13.1 Å². The van der Waals surface area contributed by atoms with E-state index >= 15 is 0 Å². The van der Waals surface area contributed by atoms with E-state index in [9.17, 15) is 18.7 Å². The molecule has 1 heterocycles. The van der Waals surface area contributed by atoms with Gasteiger partial charge in [0.15, 0.2) is 0 Å². The van der Waals surface area contributed by atoms with Gasteiger partial charge in [-0.1, -0.05) is 0 Å². The Morgan fingerprint density at radius 2 is 1.86 bits per heavy atom. The molecule has 0 unspecified atom stereocenters. The molecule has 1 fully saturated rings. The smallest absolute Gasteiger partial charge is 0.352 e. The van der Waals surface area contributed by atoms with Crippen LogP contribution in [0.2, 0.25) is 0 Å². The first-order valence-electron chi connectivity index (χ1n) is 4.01. The Hall–Kier alpha value is -0.460. The van der Waals surface area contributed by atoms with Gasteiger partial charge in [-0.15, -0.1) is 12.4 Å². The van der Waals surface area contributed by atoms with E-state index in [1.807, 2.05) is 0 Å². The molecule has 0 aromatic rings. The van der Waals surface area contributed by atoms with E-state index in [1.165, 1.54) is 0 Å². The third-order valence-corrected chi connectivity index (χ3v) is 2.32. The Morgan fingerprint density at radius 1 is 1.43 bits per heavy atom. The maximum absolute atomic E-state index is 13.1. The van der Waals surface area contributed by atoms with Crippen molar-refractivity contribution in [3.63, 3.8) is 0 Å². The molecule has 4 nitrogen and oxygen atoms in total. The number of primary amides is 1. The normalized spacial score (nSPS) is 21.1. The molecule has 0 bridgehead atoms.